The van der Waals surface area contributed by atoms with Gasteiger partial charge in [0.25, 0.3) is 0 Å². The molecule has 2 aromatic heterocycles. The van der Waals surface area contributed by atoms with Crippen molar-refractivity contribution in [1.82, 2.24) is 19.3 Å². The van der Waals surface area contributed by atoms with Crippen LogP contribution in [0.15, 0.2) is 12.3 Å². The van der Waals surface area contributed by atoms with E-state index in [9.17, 15) is 8.42 Å². The summed E-state index contributed by atoms with van der Waals surface area (Å²) < 4.78 is 30.7. The SMILES string of the molecule is CC.CC1CCN(S(=O)(=O)C2CC2)CC1.COC1CC2(C1)CN(c1nc(C)cc3cnc(C)nc13)C2. The Hall–Kier alpha value is -1.84. The highest BCUT2D eigenvalue weighted by Gasteiger charge is 2.53. The molecule has 0 bridgehead atoms. The summed E-state index contributed by atoms with van der Waals surface area (Å²) in [5.41, 5.74) is 2.46. The zero-order chi connectivity index (χ0) is 26.1. The molecule has 0 aromatic carbocycles. The van der Waals surface area contributed by atoms with Crippen molar-refractivity contribution in [2.45, 2.75) is 84.5 Å². The average molecular weight is 518 g/mol. The minimum Gasteiger partial charge on any atom is -0.381 e. The van der Waals surface area contributed by atoms with Crippen LogP contribution in [-0.2, 0) is 14.8 Å². The van der Waals surface area contributed by atoms with Gasteiger partial charge in [-0.25, -0.2) is 27.7 Å². The number of ether oxygens (including phenoxy) is 1. The van der Waals surface area contributed by atoms with Crippen molar-refractivity contribution >= 4 is 26.7 Å². The van der Waals surface area contributed by atoms with Crippen LogP contribution >= 0.6 is 0 Å². The second-order valence-corrected chi connectivity index (χ2v) is 13.1. The molecule has 0 amide bonds. The zero-order valence-corrected chi connectivity index (χ0v) is 23.6. The molecule has 2 saturated carbocycles. The first-order valence-electron chi connectivity index (χ1n) is 13.6. The number of aryl methyl sites for hydroxylation is 2. The van der Waals surface area contributed by atoms with Crippen LogP contribution < -0.4 is 4.90 Å². The van der Waals surface area contributed by atoms with Crippen LogP contribution in [0.4, 0.5) is 5.82 Å². The summed E-state index contributed by atoms with van der Waals surface area (Å²) in [4.78, 5) is 16.0. The molecular weight excluding hydrogens is 474 g/mol. The molecule has 200 valence electrons. The average Bonchev–Trinajstić information content (AvgIpc) is 3.66. The number of anilines is 1. The van der Waals surface area contributed by atoms with Crippen molar-refractivity contribution in [3.8, 4) is 0 Å². The largest absolute Gasteiger partial charge is 0.381 e. The molecule has 0 unspecified atom stereocenters. The van der Waals surface area contributed by atoms with E-state index in [1.807, 2.05) is 41.0 Å². The second kappa shape index (κ2) is 10.9. The van der Waals surface area contributed by atoms with Gasteiger partial charge in [0.1, 0.15) is 11.3 Å². The summed E-state index contributed by atoms with van der Waals surface area (Å²) in [6.07, 6.45) is 8.55. The Morgan fingerprint density at radius 1 is 1.03 bits per heavy atom. The highest BCUT2D eigenvalue weighted by molar-refractivity contribution is 7.90. The Kier molecular flexibility index (Phi) is 8.22. The number of nitrogens with zero attached hydrogens (tertiary/aromatic N) is 5. The van der Waals surface area contributed by atoms with Crippen molar-refractivity contribution in [3.63, 3.8) is 0 Å². The fourth-order valence-electron chi connectivity index (χ4n) is 5.52. The number of rotatable bonds is 4. The van der Waals surface area contributed by atoms with Crippen LogP contribution in [0.5, 0.6) is 0 Å². The lowest BCUT2D eigenvalue weighted by Crippen LogP contribution is -2.64. The van der Waals surface area contributed by atoms with Crippen LogP contribution in [0.3, 0.4) is 0 Å². The molecular formula is C27H43N5O3S. The molecule has 1 spiro atoms. The summed E-state index contributed by atoms with van der Waals surface area (Å²) in [7, 11) is -1.07. The Balaban J connectivity index is 0.000000175. The molecule has 9 heteroatoms. The maximum atomic E-state index is 11.8. The van der Waals surface area contributed by atoms with Gasteiger partial charge in [-0.15, -0.1) is 0 Å². The molecule has 2 aliphatic carbocycles. The Morgan fingerprint density at radius 2 is 1.67 bits per heavy atom. The van der Waals surface area contributed by atoms with Crippen LogP contribution in [0.1, 0.15) is 70.8 Å². The molecule has 4 aliphatic rings. The van der Waals surface area contributed by atoms with E-state index >= 15 is 0 Å². The van der Waals surface area contributed by atoms with Gasteiger partial charge in [0.15, 0.2) is 5.82 Å². The molecule has 2 saturated heterocycles. The molecule has 0 N–H and O–H groups in total. The summed E-state index contributed by atoms with van der Waals surface area (Å²) >= 11 is 0. The minimum atomic E-state index is -2.88. The van der Waals surface area contributed by atoms with E-state index in [0.717, 1.165) is 80.1 Å². The van der Waals surface area contributed by atoms with Gasteiger partial charge < -0.3 is 9.64 Å². The maximum Gasteiger partial charge on any atom is 0.216 e. The molecule has 4 heterocycles. The fourth-order valence-corrected chi connectivity index (χ4v) is 7.40. The molecule has 2 aromatic rings. The van der Waals surface area contributed by atoms with Crippen molar-refractivity contribution in [2.75, 3.05) is 38.2 Å². The third kappa shape index (κ3) is 5.68. The highest BCUT2D eigenvalue weighted by Crippen LogP contribution is 2.51. The molecule has 8 nitrogen and oxygen atoms in total. The minimum absolute atomic E-state index is 0.0269. The van der Waals surface area contributed by atoms with E-state index in [1.54, 1.807) is 4.31 Å². The van der Waals surface area contributed by atoms with E-state index in [-0.39, 0.29) is 5.25 Å². The summed E-state index contributed by atoms with van der Waals surface area (Å²) in [6, 6.07) is 2.05. The summed E-state index contributed by atoms with van der Waals surface area (Å²) in [5, 5.41) is 1.05. The Morgan fingerprint density at radius 3 is 2.25 bits per heavy atom. The first kappa shape index (κ1) is 27.2. The van der Waals surface area contributed by atoms with Crippen LogP contribution in [-0.4, -0.2) is 72.3 Å². The van der Waals surface area contributed by atoms with Crippen molar-refractivity contribution in [3.05, 3.63) is 23.8 Å². The number of hydrogen-bond donors (Lipinski definition) is 0. The summed E-state index contributed by atoms with van der Waals surface area (Å²) in [5.74, 6) is 2.51. The number of sulfonamides is 1. The topological polar surface area (TPSA) is 88.5 Å². The zero-order valence-electron chi connectivity index (χ0n) is 22.8. The predicted molar refractivity (Wildman–Crippen MR) is 145 cm³/mol. The van der Waals surface area contributed by atoms with E-state index in [0.29, 0.717) is 17.4 Å². The molecule has 0 atom stereocenters. The quantitative estimate of drug-likeness (QED) is 0.590. The van der Waals surface area contributed by atoms with Crippen molar-refractivity contribution in [1.29, 1.82) is 0 Å². The first-order chi connectivity index (χ1) is 17.2. The van der Waals surface area contributed by atoms with Gasteiger partial charge in [-0.05, 0) is 64.4 Å². The van der Waals surface area contributed by atoms with Gasteiger partial charge in [0.05, 0.1) is 11.4 Å². The number of fused-ring (bicyclic) bond motifs is 1. The Bertz CT molecular complexity index is 1150. The number of aromatic nitrogens is 3. The normalized spacial score (nSPS) is 22.2. The molecule has 0 radical (unpaired) electrons. The van der Waals surface area contributed by atoms with E-state index < -0.39 is 10.0 Å². The number of methoxy groups -OCH3 is 1. The van der Waals surface area contributed by atoms with Crippen molar-refractivity contribution < 1.29 is 13.2 Å². The highest BCUT2D eigenvalue weighted by atomic mass is 32.2. The van der Waals surface area contributed by atoms with Crippen LogP contribution in [0.2, 0.25) is 0 Å². The lowest BCUT2D eigenvalue weighted by Gasteiger charge is -2.59. The second-order valence-electron chi connectivity index (χ2n) is 10.9. The van der Waals surface area contributed by atoms with Gasteiger partial charge in [-0.1, -0.05) is 20.8 Å². The number of pyridine rings is 1. The van der Waals surface area contributed by atoms with Gasteiger partial charge in [0.2, 0.25) is 10.0 Å². The third-order valence-electron chi connectivity index (χ3n) is 7.85. The maximum absolute atomic E-state index is 11.8. The molecule has 36 heavy (non-hydrogen) atoms. The monoisotopic (exact) mass is 517 g/mol. The van der Waals surface area contributed by atoms with Gasteiger partial charge in [-0.3, -0.25) is 0 Å². The lowest BCUT2D eigenvalue weighted by molar-refractivity contribution is -0.0732. The van der Waals surface area contributed by atoms with Gasteiger partial charge in [-0.2, -0.15) is 0 Å². The van der Waals surface area contributed by atoms with E-state index in [2.05, 4.69) is 27.9 Å². The van der Waals surface area contributed by atoms with Crippen LogP contribution in [0, 0.1) is 25.2 Å². The van der Waals surface area contributed by atoms with Gasteiger partial charge in [0, 0.05) is 56.0 Å². The van der Waals surface area contributed by atoms with Gasteiger partial charge >= 0.3 is 0 Å². The molecule has 2 aliphatic heterocycles. The first-order valence-corrected chi connectivity index (χ1v) is 15.1. The van der Waals surface area contributed by atoms with E-state index in [1.165, 1.54) is 12.8 Å². The standard InChI is InChI=1S/C16H20N4O.C9H17NO2S.C2H6/c1-10-4-12-7-17-11(2)19-14(12)15(18-10)20-8-16(9-20)5-13(6-16)21-3;1-8-4-6-10(7-5-8)13(11,12)9-2-3-9;1-2/h4,7,13H,5-6,8-9H2,1-3H3;8-9H,2-7H2,1H3;1-2H3. The lowest BCUT2D eigenvalue weighted by atomic mass is 9.62. The van der Waals surface area contributed by atoms with Crippen LogP contribution in [0.25, 0.3) is 10.9 Å². The fraction of sp³-hybridized carbons (Fsp3) is 0.741. The third-order valence-corrected chi connectivity index (χ3v) is 10.2. The van der Waals surface area contributed by atoms with Crippen molar-refractivity contribution in [2.24, 2.45) is 11.3 Å². The molecule has 6 rings (SSSR count). The smallest absolute Gasteiger partial charge is 0.216 e. The number of piperidine rings is 1. The number of hydrogen-bond acceptors (Lipinski definition) is 7. The predicted octanol–water partition coefficient (Wildman–Crippen LogP) is 4.49. The Labute approximate surface area is 216 Å². The van der Waals surface area contributed by atoms with E-state index in [4.69, 9.17) is 9.72 Å². The molecule has 4 fully saturated rings. The summed E-state index contributed by atoms with van der Waals surface area (Å²) in [6.45, 7) is 13.8.